The van der Waals surface area contributed by atoms with E-state index in [0.29, 0.717) is 12.0 Å². The van der Waals surface area contributed by atoms with Crippen LogP contribution in [0.25, 0.3) is 0 Å². The number of esters is 2. The highest BCUT2D eigenvalue weighted by molar-refractivity contribution is 5.96. The summed E-state index contributed by atoms with van der Waals surface area (Å²) in [6.45, 7) is 3.99. The van der Waals surface area contributed by atoms with Crippen LogP contribution in [0.15, 0.2) is 24.3 Å². The van der Waals surface area contributed by atoms with Crippen LogP contribution in [-0.2, 0) is 9.53 Å². The quantitative estimate of drug-likeness (QED) is 0.446. The molecular formula is C14H18O3. The molecule has 17 heavy (non-hydrogen) atoms. The van der Waals surface area contributed by atoms with Crippen LogP contribution in [0, 0.1) is 6.92 Å². The Balaban J connectivity index is 2.43. The van der Waals surface area contributed by atoms with Crippen LogP contribution < -0.4 is 0 Å². The van der Waals surface area contributed by atoms with Crippen molar-refractivity contribution >= 4 is 11.9 Å². The maximum absolute atomic E-state index is 11.6. The highest BCUT2D eigenvalue weighted by atomic mass is 16.6. The Labute approximate surface area is 102 Å². The lowest BCUT2D eigenvalue weighted by Gasteiger charge is -2.03. The number of carbonyl (C=O) groups excluding carboxylic acids is 2. The first-order valence-corrected chi connectivity index (χ1v) is 5.95. The van der Waals surface area contributed by atoms with E-state index in [1.165, 1.54) is 0 Å². The van der Waals surface area contributed by atoms with Gasteiger partial charge in [-0.05, 0) is 25.5 Å². The lowest BCUT2D eigenvalue weighted by Crippen LogP contribution is -2.12. The topological polar surface area (TPSA) is 43.4 Å². The number of rotatable bonds is 5. The molecule has 0 atom stereocenters. The molecule has 0 bridgehead atoms. The smallest absolute Gasteiger partial charge is 0.345 e. The van der Waals surface area contributed by atoms with Crippen molar-refractivity contribution in [2.24, 2.45) is 0 Å². The molecule has 0 amide bonds. The number of unbranched alkanes of at least 4 members (excludes halogenated alkanes) is 2. The Morgan fingerprint density at radius 1 is 1.12 bits per heavy atom. The third-order valence-corrected chi connectivity index (χ3v) is 2.48. The second-order valence-electron chi connectivity index (χ2n) is 4.08. The Bertz CT molecular complexity index is 379. The summed E-state index contributed by atoms with van der Waals surface area (Å²) in [5.74, 6) is -1.00. The molecule has 1 aromatic rings. The standard InChI is InChI=1S/C14H18O3/c1-3-4-5-6-13(15)17-14(16)12-9-7-11(2)8-10-12/h7-10H,3-6H2,1-2H3. The molecule has 92 valence electrons. The van der Waals surface area contributed by atoms with Gasteiger partial charge < -0.3 is 4.74 Å². The van der Waals surface area contributed by atoms with E-state index < -0.39 is 11.9 Å². The van der Waals surface area contributed by atoms with Crippen molar-refractivity contribution in [2.45, 2.75) is 39.5 Å². The average molecular weight is 234 g/mol. The van der Waals surface area contributed by atoms with E-state index in [4.69, 9.17) is 4.74 Å². The van der Waals surface area contributed by atoms with Gasteiger partial charge >= 0.3 is 11.9 Å². The largest absolute Gasteiger partial charge is 0.389 e. The van der Waals surface area contributed by atoms with Crippen molar-refractivity contribution in [2.75, 3.05) is 0 Å². The monoisotopic (exact) mass is 234 g/mol. The number of hydrogen-bond donors (Lipinski definition) is 0. The van der Waals surface area contributed by atoms with E-state index in [1.54, 1.807) is 12.1 Å². The lowest BCUT2D eigenvalue weighted by atomic mass is 10.1. The van der Waals surface area contributed by atoms with Gasteiger partial charge in [-0.1, -0.05) is 37.5 Å². The van der Waals surface area contributed by atoms with Gasteiger partial charge in [-0.3, -0.25) is 4.79 Å². The minimum absolute atomic E-state index is 0.311. The molecular weight excluding hydrogens is 216 g/mol. The minimum Gasteiger partial charge on any atom is -0.389 e. The zero-order valence-electron chi connectivity index (χ0n) is 10.4. The van der Waals surface area contributed by atoms with Crippen LogP contribution in [-0.4, -0.2) is 11.9 Å². The molecule has 0 aliphatic rings. The molecule has 0 aliphatic heterocycles. The fourth-order valence-corrected chi connectivity index (χ4v) is 1.42. The van der Waals surface area contributed by atoms with Crippen LogP contribution in [0.1, 0.15) is 48.5 Å². The Morgan fingerprint density at radius 2 is 1.76 bits per heavy atom. The van der Waals surface area contributed by atoms with Crippen LogP contribution in [0.3, 0.4) is 0 Å². The Morgan fingerprint density at radius 3 is 2.35 bits per heavy atom. The van der Waals surface area contributed by atoms with Crippen molar-refractivity contribution in [3.63, 3.8) is 0 Å². The van der Waals surface area contributed by atoms with E-state index in [2.05, 4.69) is 6.92 Å². The molecule has 0 N–H and O–H groups in total. The van der Waals surface area contributed by atoms with Crippen LogP contribution in [0.5, 0.6) is 0 Å². The maximum Gasteiger partial charge on any atom is 0.345 e. The zero-order valence-corrected chi connectivity index (χ0v) is 10.4. The molecule has 1 rings (SSSR count). The molecule has 0 heterocycles. The molecule has 0 aliphatic carbocycles. The maximum atomic E-state index is 11.6. The van der Waals surface area contributed by atoms with Gasteiger partial charge in [0.15, 0.2) is 0 Å². The summed E-state index contributed by atoms with van der Waals surface area (Å²) in [5, 5.41) is 0. The van der Waals surface area contributed by atoms with Crippen molar-refractivity contribution in [1.29, 1.82) is 0 Å². The highest BCUT2D eigenvalue weighted by Crippen LogP contribution is 2.07. The van der Waals surface area contributed by atoms with Crippen molar-refractivity contribution in [3.05, 3.63) is 35.4 Å². The number of carbonyl (C=O) groups is 2. The van der Waals surface area contributed by atoms with Crippen molar-refractivity contribution in [1.82, 2.24) is 0 Å². The Kier molecular flexibility index (Phi) is 5.40. The van der Waals surface area contributed by atoms with E-state index >= 15 is 0 Å². The number of benzene rings is 1. The highest BCUT2D eigenvalue weighted by Gasteiger charge is 2.11. The van der Waals surface area contributed by atoms with Crippen LogP contribution >= 0.6 is 0 Å². The molecule has 0 saturated carbocycles. The summed E-state index contributed by atoms with van der Waals surface area (Å²) < 4.78 is 4.75. The first-order valence-electron chi connectivity index (χ1n) is 5.95. The number of ether oxygens (including phenoxy) is 1. The molecule has 0 aromatic heterocycles. The summed E-state index contributed by atoms with van der Waals surface area (Å²) in [6.07, 6.45) is 3.11. The normalized spacial score (nSPS) is 10.0. The number of hydrogen-bond acceptors (Lipinski definition) is 3. The average Bonchev–Trinajstić information content (AvgIpc) is 2.30. The van der Waals surface area contributed by atoms with Gasteiger partial charge in [-0.2, -0.15) is 0 Å². The summed E-state index contributed by atoms with van der Waals surface area (Å²) in [7, 11) is 0. The predicted octanol–water partition coefficient (Wildman–Crippen LogP) is 3.26. The van der Waals surface area contributed by atoms with Gasteiger partial charge in [0, 0.05) is 6.42 Å². The molecule has 0 saturated heterocycles. The zero-order chi connectivity index (χ0) is 12.7. The van der Waals surface area contributed by atoms with Crippen molar-refractivity contribution in [3.8, 4) is 0 Å². The lowest BCUT2D eigenvalue weighted by molar-refractivity contribution is -0.138. The van der Waals surface area contributed by atoms with Gasteiger partial charge in [0.25, 0.3) is 0 Å². The molecule has 3 heteroatoms. The fraction of sp³-hybridized carbons (Fsp3) is 0.429. The van der Waals surface area contributed by atoms with Crippen molar-refractivity contribution < 1.29 is 14.3 Å². The van der Waals surface area contributed by atoms with Gasteiger partial charge in [-0.15, -0.1) is 0 Å². The SMILES string of the molecule is CCCCCC(=O)OC(=O)c1ccc(C)cc1. The molecule has 1 aromatic carbocycles. The first-order chi connectivity index (χ1) is 8.13. The molecule has 0 fully saturated rings. The van der Waals surface area contributed by atoms with Gasteiger partial charge in [-0.25, -0.2) is 4.79 Å². The Hall–Kier alpha value is -1.64. The fourth-order valence-electron chi connectivity index (χ4n) is 1.42. The summed E-state index contributed by atoms with van der Waals surface area (Å²) in [5.41, 5.74) is 1.48. The second-order valence-corrected chi connectivity index (χ2v) is 4.08. The third-order valence-electron chi connectivity index (χ3n) is 2.48. The molecule has 3 nitrogen and oxygen atoms in total. The van der Waals surface area contributed by atoms with E-state index in [9.17, 15) is 9.59 Å². The minimum atomic E-state index is -0.563. The van der Waals surface area contributed by atoms with Gasteiger partial charge in [0.05, 0.1) is 5.56 Å². The molecule has 0 radical (unpaired) electrons. The van der Waals surface area contributed by atoms with Gasteiger partial charge in [0.1, 0.15) is 0 Å². The second kappa shape index (κ2) is 6.84. The van der Waals surface area contributed by atoms with Gasteiger partial charge in [0.2, 0.25) is 0 Å². The van der Waals surface area contributed by atoms with Crippen LogP contribution in [0.4, 0.5) is 0 Å². The van der Waals surface area contributed by atoms with E-state index in [0.717, 1.165) is 24.8 Å². The van der Waals surface area contributed by atoms with Crippen LogP contribution in [0.2, 0.25) is 0 Å². The number of aryl methyl sites for hydroxylation is 1. The molecule has 0 spiro atoms. The predicted molar refractivity (Wildman–Crippen MR) is 65.7 cm³/mol. The summed E-state index contributed by atoms with van der Waals surface area (Å²) in [6, 6.07) is 6.96. The van der Waals surface area contributed by atoms with E-state index in [-0.39, 0.29) is 0 Å². The summed E-state index contributed by atoms with van der Waals surface area (Å²) in [4.78, 5) is 22.9. The third kappa shape index (κ3) is 4.81. The first kappa shape index (κ1) is 13.4. The van der Waals surface area contributed by atoms with E-state index in [1.807, 2.05) is 19.1 Å². The summed E-state index contributed by atoms with van der Waals surface area (Å²) >= 11 is 0. The molecule has 0 unspecified atom stereocenters.